The summed E-state index contributed by atoms with van der Waals surface area (Å²) < 4.78 is 0. The Bertz CT molecular complexity index is 1060. The van der Waals surface area contributed by atoms with E-state index in [1.807, 2.05) is 0 Å². The summed E-state index contributed by atoms with van der Waals surface area (Å²) in [5.41, 5.74) is -1.33. The molecule has 1 aromatic rings. The lowest BCUT2D eigenvalue weighted by atomic mass is 9.98. The average molecular weight is 293 g/mol. The standard InChI is InChI=1S/C16H3N7/c1-9(6-17)12-10(7-18)14(20-2)13(16(22-4)23-5)15(21-3)11(12)8-19/h1H3. The maximum atomic E-state index is 9.34. The summed E-state index contributed by atoms with van der Waals surface area (Å²) in [4.78, 5) is 12.3. The van der Waals surface area contributed by atoms with Crippen molar-refractivity contribution in [3.63, 3.8) is 0 Å². The zero-order valence-electron chi connectivity index (χ0n) is 11.6. The van der Waals surface area contributed by atoms with Gasteiger partial charge in [0.1, 0.15) is 13.1 Å². The van der Waals surface area contributed by atoms with E-state index in [0.717, 1.165) is 0 Å². The minimum absolute atomic E-state index is 0.00776. The second kappa shape index (κ2) is 6.71. The van der Waals surface area contributed by atoms with Crippen LogP contribution < -0.4 is 10.4 Å². The molecule has 0 fully saturated rings. The molecule has 0 bridgehead atoms. The first kappa shape index (κ1) is 16.4. The Morgan fingerprint density at radius 2 is 1.26 bits per heavy atom. The zero-order valence-corrected chi connectivity index (χ0v) is 11.6. The van der Waals surface area contributed by atoms with Crippen molar-refractivity contribution in [3.05, 3.63) is 67.2 Å². The highest BCUT2D eigenvalue weighted by molar-refractivity contribution is 5.83. The Balaban J connectivity index is 4.79. The predicted octanol–water partition coefficient (Wildman–Crippen LogP) is 2.13. The van der Waals surface area contributed by atoms with Gasteiger partial charge >= 0.3 is 5.82 Å². The fourth-order valence-corrected chi connectivity index (χ4v) is 1.94. The summed E-state index contributed by atoms with van der Waals surface area (Å²) in [6.45, 7) is 29.9. The van der Waals surface area contributed by atoms with Gasteiger partial charge in [-0.15, -0.1) is 0 Å². The van der Waals surface area contributed by atoms with Crippen molar-refractivity contribution in [2.75, 3.05) is 0 Å². The third-order valence-electron chi connectivity index (χ3n) is 2.87. The van der Waals surface area contributed by atoms with E-state index < -0.39 is 5.82 Å². The van der Waals surface area contributed by atoms with E-state index >= 15 is 0 Å². The maximum absolute atomic E-state index is 9.34. The van der Waals surface area contributed by atoms with Gasteiger partial charge in [0.05, 0.1) is 47.7 Å². The van der Waals surface area contributed by atoms with Crippen LogP contribution in [0.2, 0.25) is 0 Å². The van der Waals surface area contributed by atoms with Crippen molar-refractivity contribution >= 4 is 22.8 Å². The molecule has 0 aliphatic carbocycles. The molecule has 1 aromatic carbocycles. The molecule has 0 aliphatic rings. The van der Waals surface area contributed by atoms with Crippen LogP contribution in [0.25, 0.3) is 30.8 Å². The van der Waals surface area contributed by atoms with Crippen LogP contribution in [-0.4, -0.2) is 0 Å². The Hall–Kier alpha value is -4.61. The van der Waals surface area contributed by atoms with Gasteiger partial charge in [-0.2, -0.15) is 25.5 Å². The largest absolute Gasteiger partial charge is 0.506 e. The average Bonchev–Trinajstić information content (AvgIpc) is 2.59. The SMILES string of the molecule is [C-]#[N+]C([N+]#[C-])=c1c([N+]#[C-])c(C#N)c(=C(C)C#N)c(C#N)c1[N+]#[C-]. The molecule has 23 heavy (non-hydrogen) atoms. The fourth-order valence-electron chi connectivity index (χ4n) is 1.94. The number of benzene rings is 1. The van der Waals surface area contributed by atoms with Crippen LogP contribution in [-0.2, 0) is 0 Å². The second-order valence-corrected chi connectivity index (χ2v) is 3.93. The quantitative estimate of drug-likeness (QED) is 0.686. The maximum Gasteiger partial charge on any atom is 0.506 e. The summed E-state index contributed by atoms with van der Waals surface area (Å²) in [6, 6.07) is 5.27. The number of hydrogen-bond acceptors (Lipinski definition) is 3. The molecule has 0 radical (unpaired) electrons. The summed E-state index contributed by atoms with van der Waals surface area (Å²) in [6.07, 6.45) is 0. The van der Waals surface area contributed by atoms with Crippen molar-refractivity contribution in [1.82, 2.24) is 0 Å². The monoisotopic (exact) mass is 293 g/mol. The molecule has 0 saturated carbocycles. The zero-order chi connectivity index (χ0) is 17.6. The van der Waals surface area contributed by atoms with Gasteiger partial charge in [0.15, 0.2) is 11.4 Å². The lowest BCUT2D eigenvalue weighted by Gasteiger charge is -2.04. The Labute approximate surface area is 131 Å². The van der Waals surface area contributed by atoms with Crippen LogP contribution in [0.15, 0.2) is 0 Å². The molecule has 0 atom stereocenters. The highest BCUT2D eigenvalue weighted by Gasteiger charge is 2.24. The van der Waals surface area contributed by atoms with Crippen molar-refractivity contribution < 1.29 is 0 Å². The van der Waals surface area contributed by atoms with Gasteiger partial charge in [-0.3, -0.25) is 0 Å². The van der Waals surface area contributed by atoms with Crippen molar-refractivity contribution in [3.8, 4) is 18.2 Å². The lowest BCUT2D eigenvalue weighted by molar-refractivity contribution is 1.38. The van der Waals surface area contributed by atoms with E-state index in [1.54, 1.807) is 18.2 Å². The van der Waals surface area contributed by atoms with E-state index in [1.165, 1.54) is 6.92 Å². The summed E-state index contributed by atoms with van der Waals surface area (Å²) in [7, 11) is 0. The molecule has 0 spiro atoms. The van der Waals surface area contributed by atoms with Crippen LogP contribution >= 0.6 is 0 Å². The van der Waals surface area contributed by atoms with Crippen LogP contribution in [0, 0.1) is 60.3 Å². The second-order valence-electron chi connectivity index (χ2n) is 3.93. The van der Waals surface area contributed by atoms with Gasteiger partial charge < -0.3 is 0 Å². The van der Waals surface area contributed by atoms with Crippen molar-refractivity contribution in [2.45, 2.75) is 6.92 Å². The highest BCUT2D eigenvalue weighted by atomic mass is 14.9. The van der Waals surface area contributed by atoms with Crippen molar-refractivity contribution in [1.29, 1.82) is 15.8 Å². The third kappa shape index (κ3) is 2.40. The molecule has 0 heterocycles. The Kier molecular flexibility index (Phi) is 4.80. The van der Waals surface area contributed by atoms with Gasteiger partial charge in [0.2, 0.25) is 0 Å². The number of nitrogens with zero attached hydrogens (tertiary/aromatic N) is 7. The van der Waals surface area contributed by atoms with E-state index in [-0.39, 0.29) is 38.5 Å². The fraction of sp³-hybridized carbons (Fsp3) is 0.0625. The van der Waals surface area contributed by atoms with Gasteiger partial charge in [-0.25, -0.2) is 9.69 Å². The minimum Gasteiger partial charge on any atom is -0.238 e. The molecule has 0 aromatic heterocycles. The molecule has 0 unspecified atom stereocenters. The van der Waals surface area contributed by atoms with Crippen LogP contribution in [0.3, 0.4) is 0 Å². The lowest BCUT2D eigenvalue weighted by Crippen LogP contribution is -2.22. The number of hydrogen-bond donors (Lipinski definition) is 0. The molecule has 0 N–H and O–H groups in total. The molecule has 0 amide bonds. The predicted molar refractivity (Wildman–Crippen MR) is 79.0 cm³/mol. The minimum atomic E-state index is -0.573. The van der Waals surface area contributed by atoms with Crippen LogP contribution in [0.4, 0.5) is 11.4 Å². The van der Waals surface area contributed by atoms with Crippen molar-refractivity contribution in [2.24, 2.45) is 0 Å². The topological polar surface area (TPSA) is 88.8 Å². The summed E-state index contributed by atoms with van der Waals surface area (Å²) in [5.74, 6) is -0.573. The van der Waals surface area contributed by atoms with Gasteiger partial charge in [-0.05, 0) is 6.92 Å². The molecule has 0 aliphatic heterocycles. The molecular weight excluding hydrogens is 290 g/mol. The molecule has 7 nitrogen and oxygen atoms in total. The molecular formula is C16H3N7. The smallest absolute Gasteiger partial charge is 0.238 e. The van der Waals surface area contributed by atoms with Gasteiger partial charge in [0.25, 0.3) is 0 Å². The molecule has 102 valence electrons. The Morgan fingerprint density at radius 3 is 1.52 bits per heavy atom. The van der Waals surface area contributed by atoms with Gasteiger partial charge in [0, 0.05) is 10.8 Å². The third-order valence-corrected chi connectivity index (χ3v) is 2.87. The molecule has 1 rings (SSSR count). The van der Waals surface area contributed by atoms with E-state index in [4.69, 9.17) is 31.6 Å². The van der Waals surface area contributed by atoms with Crippen LogP contribution in [0.5, 0.6) is 0 Å². The van der Waals surface area contributed by atoms with E-state index in [0.29, 0.717) is 0 Å². The first-order chi connectivity index (χ1) is 11.1. The van der Waals surface area contributed by atoms with Crippen LogP contribution in [0.1, 0.15) is 18.1 Å². The number of rotatable bonds is 0. The number of nitriles is 3. The summed E-state index contributed by atoms with van der Waals surface area (Å²) >= 11 is 0. The van der Waals surface area contributed by atoms with Gasteiger partial charge in [-0.1, -0.05) is 0 Å². The van der Waals surface area contributed by atoms with E-state index in [2.05, 4.69) is 19.4 Å². The van der Waals surface area contributed by atoms with E-state index in [9.17, 15) is 10.5 Å². The first-order valence-corrected chi connectivity index (χ1v) is 5.71. The Morgan fingerprint density at radius 1 is 0.826 bits per heavy atom. The molecule has 0 saturated heterocycles. The summed E-state index contributed by atoms with van der Waals surface area (Å²) in [5, 5.41) is 27.3. The highest BCUT2D eigenvalue weighted by Crippen LogP contribution is 2.22. The normalized spacial score (nSPS) is 7.91. The first-order valence-electron chi connectivity index (χ1n) is 5.71. The molecule has 7 heteroatoms.